The van der Waals surface area contributed by atoms with Crippen molar-refractivity contribution in [3.63, 3.8) is 0 Å². The van der Waals surface area contributed by atoms with Gasteiger partial charge in [0.25, 0.3) is 0 Å². The molecule has 21 heavy (non-hydrogen) atoms. The molecule has 0 aliphatic rings. The number of methoxy groups -OCH3 is 2. The summed E-state index contributed by atoms with van der Waals surface area (Å²) in [7, 11) is 3.38. The van der Waals surface area contributed by atoms with Crippen LogP contribution in [0.2, 0.25) is 0 Å². The molecule has 0 unspecified atom stereocenters. The molecular formula is C18H23NO2. The average molecular weight is 285 g/mol. The van der Waals surface area contributed by atoms with Gasteiger partial charge in [0.2, 0.25) is 0 Å². The Labute approximate surface area is 126 Å². The molecule has 0 aliphatic carbocycles. The molecule has 3 heteroatoms. The van der Waals surface area contributed by atoms with E-state index in [-0.39, 0.29) is 0 Å². The van der Waals surface area contributed by atoms with Gasteiger partial charge < -0.3 is 14.8 Å². The lowest BCUT2D eigenvalue weighted by Crippen LogP contribution is -2.18. The fraction of sp³-hybridized carbons (Fsp3) is 0.333. The molecule has 0 fully saturated rings. The topological polar surface area (TPSA) is 30.5 Å². The Bertz CT molecular complexity index is 578. The van der Waals surface area contributed by atoms with Gasteiger partial charge in [0.1, 0.15) is 11.5 Å². The maximum Gasteiger partial charge on any atom is 0.121 e. The first-order chi connectivity index (χ1) is 10.1. The molecular weight excluding hydrogens is 262 g/mol. The second-order valence-corrected chi connectivity index (χ2v) is 5.18. The van der Waals surface area contributed by atoms with Crippen molar-refractivity contribution in [3.05, 3.63) is 59.2 Å². The Kier molecular flexibility index (Phi) is 5.23. The van der Waals surface area contributed by atoms with Crippen LogP contribution in [0, 0.1) is 6.92 Å². The molecule has 1 N–H and O–H groups in total. The van der Waals surface area contributed by atoms with Crippen LogP contribution in [0.15, 0.2) is 42.5 Å². The van der Waals surface area contributed by atoms with Gasteiger partial charge in [0.05, 0.1) is 14.2 Å². The molecule has 0 aromatic heterocycles. The molecule has 1 atom stereocenters. The maximum absolute atomic E-state index is 5.28. The van der Waals surface area contributed by atoms with Crippen LogP contribution in [-0.2, 0) is 6.54 Å². The minimum atomic E-state index is 0.290. The molecule has 2 rings (SSSR count). The van der Waals surface area contributed by atoms with Crippen LogP contribution in [0.25, 0.3) is 0 Å². The fourth-order valence-corrected chi connectivity index (χ4v) is 2.33. The smallest absolute Gasteiger partial charge is 0.121 e. The van der Waals surface area contributed by atoms with Crippen LogP contribution in [-0.4, -0.2) is 14.2 Å². The highest BCUT2D eigenvalue weighted by Gasteiger charge is 2.06. The van der Waals surface area contributed by atoms with Gasteiger partial charge in [-0.05, 0) is 48.7 Å². The first-order valence-corrected chi connectivity index (χ1v) is 7.15. The third kappa shape index (κ3) is 3.99. The Morgan fingerprint density at radius 1 is 1.00 bits per heavy atom. The molecule has 2 aromatic carbocycles. The summed E-state index contributed by atoms with van der Waals surface area (Å²) >= 11 is 0. The fourth-order valence-electron chi connectivity index (χ4n) is 2.33. The highest BCUT2D eigenvalue weighted by molar-refractivity contribution is 5.36. The summed E-state index contributed by atoms with van der Waals surface area (Å²) in [5.74, 6) is 1.82. The van der Waals surface area contributed by atoms with Crippen molar-refractivity contribution < 1.29 is 9.47 Å². The van der Waals surface area contributed by atoms with Crippen LogP contribution in [0.5, 0.6) is 11.5 Å². The van der Waals surface area contributed by atoms with Gasteiger partial charge in [-0.15, -0.1) is 0 Å². The molecule has 2 aromatic rings. The van der Waals surface area contributed by atoms with Gasteiger partial charge in [0, 0.05) is 12.6 Å². The van der Waals surface area contributed by atoms with Crippen LogP contribution < -0.4 is 14.8 Å². The van der Waals surface area contributed by atoms with E-state index in [0.717, 1.165) is 23.6 Å². The van der Waals surface area contributed by atoms with Crippen molar-refractivity contribution in [1.82, 2.24) is 5.32 Å². The van der Waals surface area contributed by atoms with E-state index in [4.69, 9.17) is 9.47 Å². The molecule has 0 radical (unpaired) electrons. The summed E-state index contributed by atoms with van der Waals surface area (Å²) in [5.41, 5.74) is 3.67. The highest BCUT2D eigenvalue weighted by Crippen LogP contribution is 2.20. The van der Waals surface area contributed by atoms with E-state index in [1.807, 2.05) is 18.2 Å². The first-order valence-electron chi connectivity index (χ1n) is 7.15. The number of benzene rings is 2. The standard InChI is InChI=1S/C18H23NO2/c1-13-11-15(5-10-18(13)21-4)12-19-14(2)16-6-8-17(20-3)9-7-16/h5-11,14,19H,12H2,1-4H3/t14-/m1/s1. The molecule has 0 heterocycles. The lowest BCUT2D eigenvalue weighted by Gasteiger charge is -2.15. The summed E-state index contributed by atoms with van der Waals surface area (Å²) in [6.07, 6.45) is 0. The second-order valence-electron chi connectivity index (χ2n) is 5.18. The van der Waals surface area contributed by atoms with Crippen LogP contribution in [0.1, 0.15) is 29.7 Å². The van der Waals surface area contributed by atoms with Gasteiger partial charge in [-0.25, -0.2) is 0 Å². The van der Waals surface area contributed by atoms with Crippen molar-refractivity contribution >= 4 is 0 Å². The van der Waals surface area contributed by atoms with E-state index in [1.54, 1.807) is 14.2 Å². The lowest BCUT2D eigenvalue weighted by molar-refractivity contribution is 0.411. The zero-order valence-corrected chi connectivity index (χ0v) is 13.1. The predicted octanol–water partition coefficient (Wildman–Crippen LogP) is 3.86. The SMILES string of the molecule is COc1ccc([C@@H](C)NCc2ccc(OC)c(C)c2)cc1. The largest absolute Gasteiger partial charge is 0.497 e. The summed E-state index contributed by atoms with van der Waals surface area (Å²) < 4.78 is 10.5. The van der Waals surface area contributed by atoms with Gasteiger partial charge in [0.15, 0.2) is 0 Å². The normalized spacial score (nSPS) is 12.0. The van der Waals surface area contributed by atoms with E-state index in [1.165, 1.54) is 11.1 Å². The number of rotatable bonds is 6. The summed E-state index contributed by atoms with van der Waals surface area (Å²) in [4.78, 5) is 0. The van der Waals surface area contributed by atoms with E-state index in [0.29, 0.717) is 6.04 Å². The summed E-state index contributed by atoms with van der Waals surface area (Å²) in [5, 5.41) is 3.54. The Balaban J connectivity index is 1.96. The second kappa shape index (κ2) is 7.14. The minimum Gasteiger partial charge on any atom is -0.497 e. The summed E-state index contributed by atoms with van der Waals surface area (Å²) in [6.45, 7) is 5.06. The third-order valence-corrected chi connectivity index (χ3v) is 3.69. The quantitative estimate of drug-likeness (QED) is 0.874. The Morgan fingerprint density at radius 2 is 1.71 bits per heavy atom. The van der Waals surface area contributed by atoms with Gasteiger partial charge in [-0.3, -0.25) is 0 Å². The molecule has 112 valence electrons. The first kappa shape index (κ1) is 15.4. The van der Waals surface area contributed by atoms with Crippen molar-refractivity contribution in [1.29, 1.82) is 0 Å². The number of ether oxygens (including phenoxy) is 2. The van der Waals surface area contributed by atoms with Crippen molar-refractivity contribution in [2.45, 2.75) is 26.4 Å². The van der Waals surface area contributed by atoms with E-state index in [2.05, 4.69) is 43.4 Å². The molecule has 0 saturated heterocycles. The molecule has 0 amide bonds. The average Bonchev–Trinajstić information content (AvgIpc) is 2.52. The van der Waals surface area contributed by atoms with Crippen molar-refractivity contribution in [2.24, 2.45) is 0 Å². The van der Waals surface area contributed by atoms with Gasteiger partial charge >= 0.3 is 0 Å². The zero-order valence-electron chi connectivity index (χ0n) is 13.1. The molecule has 3 nitrogen and oxygen atoms in total. The van der Waals surface area contributed by atoms with Gasteiger partial charge in [-0.1, -0.05) is 24.3 Å². The van der Waals surface area contributed by atoms with E-state index in [9.17, 15) is 0 Å². The van der Waals surface area contributed by atoms with Gasteiger partial charge in [-0.2, -0.15) is 0 Å². The van der Waals surface area contributed by atoms with Crippen LogP contribution >= 0.6 is 0 Å². The monoisotopic (exact) mass is 285 g/mol. The van der Waals surface area contributed by atoms with Crippen molar-refractivity contribution in [2.75, 3.05) is 14.2 Å². The van der Waals surface area contributed by atoms with Crippen LogP contribution in [0.3, 0.4) is 0 Å². The third-order valence-electron chi connectivity index (χ3n) is 3.69. The molecule has 0 spiro atoms. The number of aryl methyl sites for hydroxylation is 1. The maximum atomic E-state index is 5.28. The number of hydrogen-bond acceptors (Lipinski definition) is 3. The lowest BCUT2D eigenvalue weighted by atomic mass is 10.1. The van der Waals surface area contributed by atoms with Crippen molar-refractivity contribution in [3.8, 4) is 11.5 Å². The van der Waals surface area contributed by atoms with Crippen LogP contribution in [0.4, 0.5) is 0 Å². The number of nitrogens with one attached hydrogen (secondary N) is 1. The number of hydrogen-bond donors (Lipinski definition) is 1. The Morgan fingerprint density at radius 3 is 2.29 bits per heavy atom. The Hall–Kier alpha value is -2.00. The molecule has 0 bridgehead atoms. The molecule has 0 saturated carbocycles. The van der Waals surface area contributed by atoms with E-state index >= 15 is 0 Å². The predicted molar refractivity (Wildman–Crippen MR) is 86.0 cm³/mol. The summed E-state index contributed by atoms with van der Waals surface area (Å²) in [6, 6.07) is 14.7. The highest BCUT2D eigenvalue weighted by atomic mass is 16.5. The molecule has 0 aliphatic heterocycles. The minimum absolute atomic E-state index is 0.290. The van der Waals surface area contributed by atoms with E-state index < -0.39 is 0 Å². The zero-order chi connectivity index (χ0) is 15.2.